The molecule has 0 atom stereocenters. The maximum absolute atomic E-state index is 12.1. The quantitative estimate of drug-likeness (QED) is 0.787. The fraction of sp³-hybridized carbons (Fsp3) is 0.381. The van der Waals surface area contributed by atoms with E-state index in [-0.39, 0.29) is 5.91 Å². The maximum Gasteiger partial charge on any atom is 0.226 e. The van der Waals surface area contributed by atoms with Gasteiger partial charge in [-0.25, -0.2) is 0 Å². The van der Waals surface area contributed by atoms with E-state index in [4.69, 9.17) is 4.74 Å². The summed E-state index contributed by atoms with van der Waals surface area (Å²) in [7, 11) is 3.78. The van der Waals surface area contributed by atoms with Crippen molar-refractivity contribution in [3.63, 3.8) is 0 Å². The molecule has 27 heavy (non-hydrogen) atoms. The third kappa shape index (κ3) is 5.62. The van der Waals surface area contributed by atoms with Crippen LogP contribution < -0.4 is 20.3 Å². The lowest BCUT2D eigenvalue weighted by molar-refractivity contribution is -0.115. The zero-order valence-corrected chi connectivity index (χ0v) is 16.1. The summed E-state index contributed by atoms with van der Waals surface area (Å²) in [6.45, 7) is 4.92. The highest BCUT2D eigenvalue weighted by molar-refractivity contribution is 5.91. The predicted molar refractivity (Wildman–Crippen MR) is 111 cm³/mol. The van der Waals surface area contributed by atoms with Crippen LogP contribution in [0.3, 0.4) is 0 Å². The minimum Gasteiger partial charge on any atom is -0.497 e. The van der Waals surface area contributed by atoms with Gasteiger partial charge in [0.2, 0.25) is 5.91 Å². The fourth-order valence-corrected chi connectivity index (χ4v) is 3.07. The topological polar surface area (TPSA) is 56.8 Å². The minimum absolute atomic E-state index is 0.0123. The molecule has 1 saturated heterocycles. The molecule has 0 bridgehead atoms. The summed E-state index contributed by atoms with van der Waals surface area (Å²) in [5.41, 5.74) is 3.06. The molecule has 0 unspecified atom stereocenters. The van der Waals surface area contributed by atoms with Crippen molar-refractivity contribution in [1.29, 1.82) is 0 Å². The van der Waals surface area contributed by atoms with Crippen LogP contribution in [0.4, 0.5) is 17.1 Å². The molecule has 2 aromatic rings. The number of carbonyl (C=O) groups excluding carboxylic acids is 1. The van der Waals surface area contributed by atoms with E-state index in [1.54, 1.807) is 7.11 Å². The Bertz CT molecular complexity index is 723. The van der Waals surface area contributed by atoms with Gasteiger partial charge in [0.25, 0.3) is 0 Å². The number of ether oxygens (including phenoxy) is 1. The summed E-state index contributed by atoms with van der Waals surface area (Å²) in [5.74, 6) is 0.761. The van der Waals surface area contributed by atoms with Gasteiger partial charge in [-0.2, -0.15) is 0 Å². The van der Waals surface area contributed by atoms with E-state index in [0.29, 0.717) is 13.0 Å². The van der Waals surface area contributed by atoms with Crippen LogP contribution in [0.1, 0.15) is 6.42 Å². The van der Waals surface area contributed by atoms with E-state index >= 15 is 0 Å². The van der Waals surface area contributed by atoms with Crippen molar-refractivity contribution >= 4 is 23.0 Å². The van der Waals surface area contributed by atoms with Gasteiger partial charge in [-0.3, -0.25) is 4.79 Å². The highest BCUT2D eigenvalue weighted by atomic mass is 16.5. The molecular formula is C21H28N4O2. The van der Waals surface area contributed by atoms with E-state index in [9.17, 15) is 4.79 Å². The summed E-state index contributed by atoms with van der Waals surface area (Å²) < 4.78 is 5.11. The number of piperazine rings is 1. The molecule has 1 heterocycles. The minimum atomic E-state index is -0.0123. The number of anilines is 3. The average molecular weight is 368 g/mol. The molecular weight excluding hydrogens is 340 g/mol. The van der Waals surface area contributed by atoms with Crippen molar-refractivity contribution < 1.29 is 9.53 Å². The summed E-state index contributed by atoms with van der Waals surface area (Å²) in [6, 6.07) is 15.8. The number of rotatable bonds is 7. The SMILES string of the molecule is COc1ccc(NC(=O)CCNc2ccc(N3CCN(C)CC3)cc2)cc1. The smallest absolute Gasteiger partial charge is 0.226 e. The van der Waals surface area contributed by atoms with Crippen LogP contribution >= 0.6 is 0 Å². The van der Waals surface area contributed by atoms with Gasteiger partial charge in [-0.05, 0) is 55.6 Å². The number of amides is 1. The number of nitrogens with zero attached hydrogens (tertiary/aromatic N) is 2. The number of benzene rings is 2. The molecule has 1 aliphatic heterocycles. The first-order valence-electron chi connectivity index (χ1n) is 9.35. The van der Waals surface area contributed by atoms with Crippen LogP contribution in [0.2, 0.25) is 0 Å². The van der Waals surface area contributed by atoms with Gasteiger partial charge in [0.05, 0.1) is 7.11 Å². The molecule has 3 rings (SSSR count). The Hall–Kier alpha value is -2.73. The van der Waals surface area contributed by atoms with Crippen LogP contribution in [0.15, 0.2) is 48.5 Å². The Kier molecular flexibility index (Phi) is 6.54. The number of hydrogen-bond acceptors (Lipinski definition) is 5. The molecule has 144 valence electrons. The Morgan fingerprint density at radius 1 is 0.963 bits per heavy atom. The van der Waals surface area contributed by atoms with E-state index in [1.165, 1.54) is 5.69 Å². The lowest BCUT2D eigenvalue weighted by Gasteiger charge is -2.34. The highest BCUT2D eigenvalue weighted by Crippen LogP contribution is 2.19. The van der Waals surface area contributed by atoms with Gasteiger partial charge >= 0.3 is 0 Å². The van der Waals surface area contributed by atoms with E-state index in [1.807, 2.05) is 24.3 Å². The average Bonchev–Trinajstić information content (AvgIpc) is 2.70. The number of likely N-dealkylation sites (N-methyl/N-ethyl adjacent to an activating group) is 1. The van der Waals surface area contributed by atoms with Gasteiger partial charge < -0.3 is 25.2 Å². The molecule has 0 saturated carbocycles. The maximum atomic E-state index is 12.1. The molecule has 2 N–H and O–H groups in total. The molecule has 1 aliphatic rings. The van der Waals surface area contributed by atoms with Crippen molar-refractivity contribution in [3.8, 4) is 5.75 Å². The van der Waals surface area contributed by atoms with Crippen molar-refractivity contribution in [3.05, 3.63) is 48.5 Å². The summed E-state index contributed by atoms with van der Waals surface area (Å²) in [4.78, 5) is 16.8. The van der Waals surface area contributed by atoms with Crippen LogP contribution in [0.25, 0.3) is 0 Å². The highest BCUT2D eigenvalue weighted by Gasteiger charge is 2.13. The largest absolute Gasteiger partial charge is 0.497 e. The van der Waals surface area contributed by atoms with Gasteiger partial charge in [-0.1, -0.05) is 0 Å². The van der Waals surface area contributed by atoms with Crippen molar-refractivity contribution in [2.45, 2.75) is 6.42 Å². The first kappa shape index (κ1) is 19.0. The molecule has 0 radical (unpaired) electrons. The van der Waals surface area contributed by atoms with Gasteiger partial charge in [-0.15, -0.1) is 0 Å². The van der Waals surface area contributed by atoms with Crippen molar-refractivity contribution in [2.75, 3.05) is 62.4 Å². The van der Waals surface area contributed by atoms with Crippen LogP contribution in [-0.4, -0.2) is 57.7 Å². The third-order valence-corrected chi connectivity index (χ3v) is 4.79. The number of carbonyl (C=O) groups is 1. The van der Waals surface area contributed by atoms with Crippen LogP contribution in [0, 0.1) is 0 Å². The number of hydrogen-bond donors (Lipinski definition) is 2. The van der Waals surface area contributed by atoms with Crippen LogP contribution in [0.5, 0.6) is 5.75 Å². The Morgan fingerprint density at radius 3 is 2.22 bits per heavy atom. The molecule has 1 amide bonds. The lowest BCUT2D eigenvalue weighted by atomic mass is 10.2. The molecule has 0 aromatic heterocycles. The zero-order chi connectivity index (χ0) is 19.1. The fourth-order valence-electron chi connectivity index (χ4n) is 3.07. The Labute approximate surface area is 161 Å². The van der Waals surface area contributed by atoms with Crippen LogP contribution in [-0.2, 0) is 4.79 Å². The first-order valence-corrected chi connectivity index (χ1v) is 9.35. The van der Waals surface area contributed by atoms with Crippen molar-refractivity contribution in [1.82, 2.24) is 4.90 Å². The standard InChI is InChI=1S/C21H28N4O2/c1-24-13-15-25(16-14-24)19-7-3-17(4-8-19)22-12-11-21(26)23-18-5-9-20(27-2)10-6-18/h3-10,22H,11-16H2,1-2H3,(H,23,26). The zero-order valence-electron chi connectivity index (χ0n) is 16.1. The normalized spacial score (nSPS) is 14.7. The van der Waals surface area contributed by atoms with E-state index < -0.39 is 0 Å². The Morgan fingerprint density at radius 2 is 1.59 bits per heavy atom. The molecule has 6 heteroatoms. The monoisotopic (exact) mass is 368 g/mol. The molecule has 0 aliphatic carbocycles. The van der Waals surface area contributed by atoms with Crippen molar-refractivity contribution in [2.24, 2.45) is 0 Å². The second-order valence-corrected chi connectivity index (χ2v) is 6.79. The lowest BCUT2D eigenvalue weighted by Crippen LogP contribution is -2.44. The van der Waals surface area contributed by atoms with Gasteiger partial charge in [0.15, 0.2) is 0 Å². The summed E-state index contributed by atoms with van der Waals surface area (Å²) in [6.07, 6.45) is 0.409. The third-order valence-electron chi connectivity index (χ3n) is 4.79. The molecule has 1 fully saturated rings. The van der Waals surface area contributed by atoms with E-state index in [2.05, 4.69) is 51.7 Å². The van der Waals surface area contributed by atoms with Gasteiger partial charge in [0.1, 0.15) is 5.75 Å². The Balaban J connectivity index is 1.41. The van der Waals surface area contributed by atoms with Gasteiger partial charge in [0, 0.05) is 56.2 Å². The second-order valence-electron chi connectivity index (χ2n) is 6.79. The first-order chi connectivity index (χ1) is 13.1. The number of methoxy groups -OCH3 is 1. The molecule has 6 nitrogen and oxygen atoms in total. The molecule has 0 spiro atoms. The second kappa shape index (κ2) is 9.28. The summed E-state index contributed by atoms with van der Waals surface area (Å²) >= 11 is 0. The summed E-state index contributed by atoms with van der Waals surface area (Å²) in [5, 5.41) is 6.20. The van der Waals surface area contributed by atoms with E-state index in [0.717, 1.165) is 43.3 Å². The predicted octanol–water partition coefficient (Wildman–Crippen LogP) is 2.89. The molecule has 2 aromatic carbocycles. The number of nitrogens with one attached hydrogen (secondary N) is 2.